The first-order chi connectivity index (χ1) is 11.6. The number of hydrogen-bond donors (Lipinski definition) is 1. The van der Waals surface area contributed by atoms with Crippen molar-refractivity contribution in [2.45, 2.75) is 26.2 Å². The summed E-state index contributed by atoms with van der Waals surface area (Å²) in [6.45, 7) is 6.71. The van der Waals surface area contributed by atoms with Crippen molar-refractivity contribution < 1.29 is 14.0 Å². The predicted molar refractivity (Wildman–Crippen MR) is 97.8 cm³/mol. The number of amides is 2. The zero-order valence-electron chi connectivity index (χ0n) is 14.8. The van der Waals surface area contributed by atoms with Crippen molar-refractivity contribution in [1.29, 1.82) is 0 Å². The number of nitrogens with one attached hydrogen (secondary N) is 1. The highest BCUT2D eigenvalue weighted by atomic mass is 35.5. The lowest BCUT2D eigenvalue weighted by Gasteiger charge is -2.35. The molecule has 2 fully saturated rings. The number of piperazine rings is 1. The van der Waals surface area contributed by atoms with Crippen molar-refractivity contribution >= 4 is 24.2 Å². The predicted octanol–water partition coefficient (Wildman–Crippen LogP) is 2.01. The lowest BCUT2D eigenvalue weighted by Crippen LogP contribution is -2.51. The summed E-state index contributed by atoms with van der Waals surface area (Å²) >= 11 is 0. The number of hydrogen-bond acceptors (Lipinski definition) is 4. The van der Waals surface area contributed by atoms with Crippen LogP contribution in [0.1, 0.15) is 36.7 Å². The first kappa shape index (κ1) is 19.8. The van der Waals surface area contributed by atoms with E-state index in [1.807, 2.05) is 4.90 Å². The average molecular weight is 370 g/mol. The van der Waals surface area contributed by atoms with Gasteiger partial charge >= 0.3 is 0 Å². The minimum atomic E-state index is -0.0878. The van der Waals surface area contributed by atoms with Gasteiger partial charge in [0, 0.05) is 32.6 Å². The van der Waals surface area contributed by atoms with Gasteiger partial charge in [-0.1, -0.05) is 6.92 Å². The second kappa shape index (κ2) is 9.25. The summed E-state index contributed by atoms with van der Waals surface area (Å²) in [6, 6.07) is 3.40. The van der Waals surface area contributed by atoms with Crippen LogP contribution in [0.15, 0.2) is 22.8 Å². The topological polar surface area (TPSA) is 65.8 Å². The molecule has 0 radical (unpaired) electrons. The van der Waals surface area contributed by atoms with Gasteiger partial charge in [0.15, 0.2) is 5.76 Å². The molecule has 2 amide bonds. The Hall–Kier alpha value is -1.53. The maximum absolute atomic E-state index is 12.5. The second-order valence-electron chi connectivity index (χ2n) is 6.92. The second-order valence-corrected chi connectivity index (χ2v) is 6.92. The molecule has 0 spiro atoms. The molecule has 1 aromatic heterocycles. The highest BCUT2D eigenvalue weighted by Crippen LogP contribution is 2.25. The van der Waals surface area contributed by atoms with E-state index in [1.54, 1.807) is 17.0 Å². The Labute approximate surface area is 155 Å². The molecule has 7 heteroatoms. The fraction of sp³-hybridized carbons (Fsp3) is 0.667. The first-order valence-corrected chi connectivity index (χ1v) is 8.96. The SMILES string of the molecule is CC(CC(=O)N1CCN(C(=O)c2ccco2)CC1)C1CCNCC1.Cl. The number of carbonyl (C=O) groups excluding carboxylic acids is 2. The van der Waals surface area contributed by atoms with Gasteiger partial charge < -0.3 is 19.5 Å². The van der Waals surface area contributed by atoms with Crippen molar-refractivity contribution in [1.82, 2.24) is 15.1 Å². The molecule has 140 valence electrons. The summed E-state index contributed by atoms with van der Waals surface area (Å²) in [5.74, 6) is 1.59. The summed E-state index contributed by atoms with van der Waals surface area (Å²) < 4.78 is 5.17. The Morgan fingerprint density at radius 2 is 1.84 bits per heavy atom. The van der Waals surface area contributed by atoms with E-state index in [0.29, 0.717) is 50.2 Å². The summed E-state index contributed by atoms with van der Waals surface area (Å²) in [7, 11) is 0. The average Bonchev–Trinajstić information content (AvgIpc) is 3.16. The van der Waals surface area contributed by atoms with Gasteiger partial charge in [0.05, 0.1) is 6.26 Å². The number of nitrogens with zero attached hydrogens (tertiary/aromatic N) is 2. The molecule has 0 aliphatic carbocycles. The molecule has 2 aliphatic heterocycles. The number of furan rings is 1. The van der Waals surface area contributed by atoms with Gasteiger partial charge in [0.25, 0.3) is 5.91 Å². The van der Waals surface area contributed by atoms with Crippen LogP contribution in [0.25, 0.3) is 0 Å². The lowest BCUT2D eigenvalue weighted by molar-refractivity contribution is -0.134. The number of halogens is 1. The van der Waals surface area contributed by atoms with Crippen LogP contribution < -0.4 is 5.32 Å². The van der Waals surface area contributed by atoms with Crippen molar-refractivity contribution in [3.8, 4) is 0 Å². The standard InChI is InChI=1S/C18H27N3O3.ClH/c1-14(15-4-6-19-7-5-15)13-17(22)20-8-10-21(11-9-20)18(23)16-3-2-12-24-16;/h2-3,12,14-15,19H,4-11,13H2,1H3;1H. The minimum absolute atomic E-state index is 0. The molecule has 25 heavy (non-hydrogen) atoms. The molecule has 1 aromatic rings. The Morgan fingerprint density at radius 1 is 1.20 bits per heavy atom. The molecule has 6 nitrogen and oxygen atoms in total. The molecule has 0 saturated carbocycles. The molecular weight excluding hydrogens is 342 g/mol. The maximum atomic E-state index is 12.5. The summed E-state index contributed by atoms with van der Waals surface area (Å²) in [6.07, 6.45) is 4.46. The van der Waals surface area contributed by atoms with Crippen molar-refractivity contribution in [3.05, 3.63) is 24.2 Å². The third kappa shape index (κ3) is 4.98. The largest absolute Gasteiger partial charge is 0.459 e. The van der Waals surface area contributed by atoms with Crippen LogP contribution in [0.5, 0.6) is 0 Å². The normalized spacial score (nSPS) is 20.0. The van der Waals surface area contributed by atoms with Crippen LogP contribution in [-0.2, 0) is 4.79 Å². The fourth-order valence-corrected chi connectivity index (χ4v) is 3.70. The van der Waals surface area contributed by atoms with Gasteiger partial charge in [-0.05, 0) is 49.9 Å². The summed E-state index contributed by atoms with van der Waals surface area (Å²) in [4.78, 5) is 28.5. The van der Waals surface area contributed by atoms with E-state index in [0.717, 1.165) is 13.1 Å². The van der Waals surface area contributed by atoms with Crippen LogP contribution in [0.4, 0.5) is 0 Å². The van der Waals surface area contributed by atoms with Crippen LogP contribution in [0, 0.1) is 11.8 Å². The number of piperidine rings is 1. The van der Waals surface area contributed by atoms with Crippen LogP contribution >= 0.6 is 12.4 Å². The Kier molecular flexibility index (Phi) is 7.32. The highest BCUT2D eigenvalue weighted by Gasteiger charge is 2.28. The maximum Gasteiger partial charge on any atom is 0.289 e. The van der Waals surface area contributed by atoms with E-state index < -0.39 is 0 Å². The smallest absolute Gasteiger partial charge is 0.289 e. The number of carbonyl (C=O) groups is 2. The van der Waals surface area contributed by atoms with Crippen LogP contribution in [0.3, 0.4) is 0 Å². The zero-order chi connectivity index (χ0) is 16.9. The minimum Gasteiger partial charge on any atom is -0.459 e. The molecule has 1 N–H and O–H groups in total. The summed E-state index contributed by atoms with van der Waals surface area (Å²) in [5, 5.41) is 3.37. The van der Waals surface area contributed by atoms with E-state index in [9.17, 15) is 9.59 Å². The van der Waals surface area contributed by atoms with Gasteiger partial charge in [-0.15, -0.1) is 12.4 Å². The third-order valence-electron chi connectivity index (χ3n) is 5.34. The molecular formula is C18H28ClN3O3. The van der Waals surface area contributed by atoms with E-state index >= 15 is 0 Å². The quantitative estimate of drug-likeness (QED) is 0.881. The Morgan fingerprint density at radius 3 is 2.44 bits per heavy atom. The Balaban J connectivity index is 0.00000225. The molecule has 0 bridgehead atoms. The first-order valence-electron chi connectivity index (χ1n) is 8.96. The molecule has 3 heterocycles. The van der Waals surface area contributed by atoms with Crippen LogP contribution in [0.2, 0.25) is 0 Å². The van der Waals surface area contributed by atoms with E-state index in [4.69, 9.17) is 4.42 Å². The molecule has 1 atom stereocenters. The summed E-state index contributed by atoms with van der Waals surface area (Å²) in [5.41, 5.74) is 0. The fourth-order valence-electron chi connectivity index (χ4n) is 3.70. The molecule has 2 saturated heterocycles. The van der Waals surface area contributed by atoms with Crippen molar-refractivity contribution in [3.63, 3.8) is 0 Å². The monoisotopic (exact) mass is 369 g/mol. The van der Waals surface area contributed by atoms with E-state index in [-0.39, 0.29) is 24.2 Å². The zero-order valence-corrected chi connectivity index (χ0v) is 15.6. The van der Waals surface area contributed by atoms with Crippen LogP contribution in [-0.4, -0.2) is 60.9 Å². The van der Waals surface area contributed by atoms with Crippen molar-refractivity contribution in [2.24, 2.45) is 11.8 Å². The lowest BCUT2D eigenvalue weighted by atomic mass is 9.84. The molecule has 1 unspecified atom stereocenters. The Bertz CT molecular complexity index is 550. The van der Waals surface area contributed by atoms with Gasteiger partial charge in [-0.25, -0.2) is 0 Å². The van der Waals surface area contributed by atoms with E-state index in [2.05, 4.69) is 12.2 Å². The van der Waals surface area contributed by atoms with Crippen molar-refractivity contribution in [2.75, 3.05) is 39.3 Å². The molecule has 3 rings (SSSR count). The number of rotatable bonds is 4. The van der Waals surface area contributed by atoms with Gasteiger partial charge in [-0.2, -0.15) is 0 Å². The van der Waals surface area contributed by atoms with Gasteiger partial charge in [0.1, 0.15) is 0 Å². The third-order valence-corrected chi connectivity index (χ3v) is 5.34. The molecule has 2 aliphatic rings. The van der Waals surface area contributed by atoms with Gasteiger partial charge in [0.2, 0.25) is 5.91 Å². The van der Waals surface area contributed by atoms with Gasteiger partial charge in [-0.3, -0.25) is 9.59 Å². The highest BCUT2D eigenvalue weighted by molar-refractivity contribution is 5.91. The molecule has 0 aromatic carbocycles. The van der Waals surface area contributed by atoms with E-state index in [1.165, 1.54) is 19.1 Å².